The van der Waals surface area contributed by atoms with Crippen LogP contribution in [0, 0.1) is 5.92 Å². The van der Waals surface area contributed by atoms with E-state index >= 15 is 0 Å². The van der Waals surface area contributed by atoms with Crippen LogP contribution in [0.1, 0.15) is 19.4 Å². The van der Waals surface area contributed by atoms with Gasteiger partial charge in [0.25, 0.3) is 0 Å². The first kappa shape index (κ1) is 22.7. The summed E-state index contributed by atoms with van der Waals surface area (Å²) in [7, 11) is 1.61. The second-order valence-corrected chi connectivity index (χ2v) is 8.14. The number of hydrogen-bond donors (Lipinski definition) is 1. The molecule has 0 unspecified atom stereocenters. The molecule has 1 aliphatic heterocycles. The van der Waals surface area contributed by atoms with Crippen molar-refractivity contribution in [1.29, 1.82) is 0 Å². The number of piperazine rings is 1. The van der Waals surface area contributed by atoms with Crippen molar-refractivity contribution < 1.29 is 14.3 Å². The Labute approximate surface area is 188 Å². The Hall–Kier alpha value is -2.99. The predicted octanol–water partition coefficient (Wildman–Crippen LogP) is 4.31. The second-order valence-electron chi connectivity index (χ2n) is 7.73. The molecule has 0 bridgehead atoms. The Kier molecular flexibility index (Phi) is 7.58. The van der Waals surface area contributed by atoms with Gasteiger partial charge in [-0.2, -0.15) is 0 Å². The molecule has 0 saturated carbocycles. The molecule has 1 fully saturated rings. The van der Waals surface area contributed by atoms with E-state index in [-0.39, 0.29) is 17.7 Å². The summed E-state index contributed by atoms with van der Waals surface area (Å²) in [4.78, 5) is 28.5. The fourth-order valence-corrected chi connectivity index (χ4v) is 3.74. The molecular weight excluding hydrogens is 414 g/mol. The maximum Gasteiger partial charge on any atom is 0.248 e. The standard InChI is InChI=1S/C24H28ClN3O3/c1-17(2)24(30)28-14-12-27(13-15-28)22-10-7-19(16-21(22)25)26-23(29)11-6-18-4-8-20(31-3)9-5-18/h4-11,16-17H,12-15H2,1-3H3,(H,26,29)/b11-6+. The molecule has 1 heterocycles. The highest BCUT2D eigenvalue weighted by atomic mass is 35.5. The van der Waals surface area contributed by atoms with Gasteiger partial charge in [-0.25, -0.2) is 0 Å². The largest absolute Gasteiger partial charge is 0.497 e. The minimum absolute atomic E-state index is 0.0109. The monoisotopic (exact) mass is 441 g/mol. The van der Waals surface area contributed by atoms with Crippen molar-refractivity contribution in [2.75, 3.05) is 43.5 Å². The van der Waals surface area contributed by atoms with Crippen LogP contribution in [-0.2, 0) is 9.59 Å². The molecule has 164 valence electrons. The number of carbonyl (C=O) groups excluding carboxylic acids is 2. The van der Waals surface area contributed by atoms with Crippen LogP contribution >= 0.6 is 11.6 Å². The Balaban J connectivity index is 1.57. The van der Waals surface area contributed by atoms with Crippen molar-refractivity contribution in [3.05, 3.63) is 59.1 Å². The molecule has 6 nitrogen and oxygen atoms in total. The maximum absolute atomic E-state index is 12.2. The predicted molar refractivity (Wildman–Crippen MR) is 126 cm³/mol. The molecule has 0 aliphatic carbocycles. The molecule has 7 heteroatoms. The van der Waals surface area contributed by atoms with Crippen LogP contribution in [0.3, 0.4) is 0 Å². The van der Waals surface area contributed by atoms with Crippen LogP contribution in [0.2, 0.25) is 5.02 Å². The van der Waals surface area contributed by atoms with Gasteiger partial charge >= 0.3 is 0 Å². The van der Waals surface area contributed by atoms with E-state index in [9.17, 15) is 9.59 Å². The van der Waals surface area contributed by atoms with Gasteiger partial charge < -0.3 is 19.9 Å². The number of amides is 2. The second kappa shape index (κ2) is 10.4. The highest BCUT2D eigenvalue weighted by Gasteiger charge is 2.23. The van der Waals surface area contributed by atoms with Gasteiger partial charge in [-0.15, -0.1) is 0 Å². The van der Waals surface area contributed by atoms with Crippen molar-refractivity contribution >= 4 is 40.9 Å². The SMILES string of the molecule is COc1ccc(/C=C/C(=O)Nc2ccc(N3CCN(C(=O)C(C)C)CC3)c(Cl)c2)cc1. The van der Waals surface area contributed by atoms with E-state index in [1.54, 1.807) is 19.3 Å². The molecule has 0 aromatic heterocycles. The Morgan fingerprint density at radius 2 is 1.74 bits per heavy atom. The van der Waals surface area contributed by atoms with Crippen molar-refractivity contribution in [3.63, 3.8) is 0 Å². The molecule has 2 amide bonds. The van der Waals surface area contributed by atoms with Crippen LogP contribution in [0.5, 0.6) is 5.75 Å². The summed E-state index contributed by atoms with van der Waals surface area (Å²) in [5.74, 6) is 0.730. The van der Waals surface area contributed by atoms with Gasteiger partial charge in [-0.3, -0.25) is 9.59 Å². The Morgan fingerprint density at radius 1 is 1.06 bits per heavy atom. The average molecular weight is 442 g/mol. The number of hydrogen-bond acceptors (Lipinski definition) is 4. The molecule has 3 rings (SSSR count). The highest BCUT2D eigenvalue weighted by molar-refractivity contribution is 6.33. The number of nitrogens with zero attached hydrogens (tertiary/aromatic N) is 2. The highest BCUT2D eigenvalue weighted by Crippen LogP contribution is 2.30. The minimum atomic E-state index is -0.236. The zero-order chi connectivity index (χ0) is 22.4. The van der Waals surface area contributed by atoms with Crippen molar-refractivity contribution in [3.8, 4) is 5.75 Å². The molecule has 2 aromatic carbocycles. The van der Waals surface area contributed by atoms with Gasteiger partial charge in [0, 0.05) is 43.9 Å². The van der Waals surface area contributed by atoms with Crippen LogP contribution in [0.4, 0.5) is 11.4 Å². The summed E-state index contributed by atoms with van der Waals surface area (Å²) < 4.78 is 5.13. The van der Waals surface area contributed by atoms with E-state index < -0.39 is 0 Å². The van der Waals surface area contributed by atoms with Crippen molar-refractivity contribution in [1.82, 2.24) is 4.90 Å². The number of methoxy groups -OCH3 is 1. The Bertz CT molecular complexity index is 949. The van der Waals surface area contributed by atoms with Gasteiger partial charge in [-0.1, -0.05) is 37.6 Å². The molecule has 0 spiro atoms. The molecule has 1 aliphatic rings. The third-order valence-electron chi connectivity index (χ3n) is 5.18. The number of halogens is 1. The van der Waals surface area contributed by atoms with Crippen LogP contribution < -0.4 is 15.0 Å². The summed E-state index contributed by atoms with van der Waals surface area (Å²) in [6.07, 6.45) is 3.22. The number of ether oxygens (including phenoxy) is 1. The lowest BCUT2D eigenvalue weighted by atomic mass is 10.1. The summed E-state index contributed by atoms with van der Waals surface area (Å²) in [6, 6.07) is 12.9. The quantitative estimate of drug-likeness (QED) is 0.679. The van der Waals surface area contributed by atoms with Gasteiger partial charge in [0.2, 0.25) is 11.8 Å². The molecular formula is C24H28ClN3O3. The van der Waals surface area contributed by atoms with Crippen LogP contribution in [0.15, 0.2) is 48.5 Å². The van der Waals surface area contributed by atoms with E-state index in [0.717, 1.165) is 30.1 Å². The van der Waals surface area contributed by atoms with Crippen molar-refractivity contribution in [2.45, 2.75) is 13.8 Å². The number of nitrogens with one attached hydrogen (secondary N) is 1. The van der Waals surface area contributed by atoms with Crippen LogP contribution in [-0.4, -0.2) is 50.0 Å². The molecule has 31 heavy (non-hydrogen) atoms. The Morgan fingerprint density at radius 3 is 2.32 bits per heavy atom. The van der Waals surface area contributed by atoms with Gasteiger partial charge in [0.1, 0.15) is 5.75 Å². The lowest BCUT2D eigenvalue weighted by Crippen LogP contribution is -2.50. The molecule has 1 N–H and O–H groups in total. The lowest BCUT2D eigenvalue weighted by molar-refractivity contribution is -0.134. The van der Waals surface area contributed by atoms with Gasteiger partial charge in [-0.05, 0) is 42.0 Å². The van der Waals surface area contributed by atoms with E-state index in [4.69, 9.17) is 16.3 Å². The molecule has 2 aromatic rings. The molecule has 0 atom stereocenters. The van der Waals surface area contributed by atoms with Crippen molar-refractivity contribution in [2.24, 2.45) is 5.92 Å². The van der Waals surface area contributed by atoms with Gasteiger partial charge in [0.15, 0.2) is 0 Å². The summed E-state index contributed by atoms with van der Waals surface area (Å²) in [5, 5.41) is 3.40. The number of carbonyl (C=O) groups is 2. The average Bonchev–Trinajstić information content (AvgIpc) is 2.78. The maximum atomic E-state index is 12.2. The third-order valence-corrected chi connectivity index (χ3v) is 5.49. The first-order chi connectivity index (χ1) is 14.9. The smallest absolute Gasteiger partial charge is 0.248 e. The lowest BCUT2D eigenvalue weighted by Gasteiger charge is -2.37. The van der Waals surface area contributed by atoms with E-state index in [1.165, 1.54) is 6.08 Å². The molecule has 1 saturated heterocycles. The van der Waals surface area contributed by atoms with E-state index in [2.05, 4.69) is 10.2 Å². The number of benzene rings is 2. The normalized spacial score (nSPS) is 14.2. The first-order valence-electron chi connectivity index (χ1n) is 10.3. The van der Waals surface area contributed by atoms with E-state index in [0.29, 0.717) is 23.8 Å². The topological polar surface area (TPSA) is 61.9 Å². The number of anilines is 2. The van der Waals surface area contributed by atoms with Crippen LogP contribution in [0.25, 0.3) is 6.08 Å². The fraction of sp³-hybridized carbons (Fsp3) is 0.333. The number of rotatable bonds is 6. The third kappa shape index (κ3) is 6.01. The zero-order valence-corrected chi connectivity index (χ0v) is 18.9. The minimum Gasteiger partial charge on any atom is -0.497 e. The van der Waals surface area contributed by atoms with E-state index in [1.807, 2.05) is 55.1 Å². The van der Waals surface area contributed by atoms with Gasteiger partial charge in [0.05, 0.1) is 17.8 Å². The first-order valence-corrected chi connectivity index (χ1v) is 10.7. The zero-order valence-electron chi connectivity index (χ0n) is 18.1. The fourth-order valence-electron chi connectivity index (χ4n) is 3.44. The summed E-state index contributed by atoms with van der Waals surface area (Å²) >= 11 is 6.49. The summed E-state index contributed by atoms with van der Waals surface area (Å²) in [6.45, 7) is 6.67. The summed E-state index contributed by atoms with van der Waals surface area (Å²) in [5.41, 5.74) is 2.44. The molecule has 0 radical (unpaired) electrons.